The fraction of sp³-hybridized carbons (Fsp3) is 0.565. The molecule has 0 atom stereocenters. The second-order valence-corrected chi connectivity index (χ2v) is 11.0. The SMILES string of the molecule is COc1ccc(CCc2nc(N3CCOCC3)c(N)c(N3CCN(S(=O)(=O)N(C)C)CC3)n2)cc1. The predicted octanol–water partition coefficient (Wildman–Crippen LogP) is 0.618. The standard InChI is InChI=1S/C23H35N7O4S/c1-27(2)35(31,32)30-12-10-28(11-13-30)22-21(24)23(29-14-16-34-17-15-29)26-20(25-22)9-6-18-4-7-19(33-3)8-5-18/h4-5,7-8H,6,9-17,24H2,1-3H3. The van der Waals surface area contributed by atoms with E-state index >= 15 is 0 Å². The molecule has 2 aliphatic rings. The Kier molecular flexibility index (Phi) is 7.95. The molecule has 2 aromatic rings. The Morgan fingerprint density at radius 3 is 2.06 bits per heavy atom. The third-order valence-corrected chi connectivity index (χ3v) is 8.33. The zero-order valence-electron chi connectivity index (χ0n) is 20.7. The van der Waals surface area contributed by atoms with Gasteiger partial charge in [-0.25, -0.2) is 9.97 Å². The van der Waals surface area contributed by atoms with Crippen molar-refractivity contribution in [3.05, 3.63) is 35.7 Å². The van der Waals surface area contributed by atoms with Crippen LogP contribution in [0, 0.1) is 0 Å². The number of piperazine rings is 1. The normalized spacial score (nSPS) is 17.7. The zero-order valence-corrected chi connectivity index (χ0v) is 21.5. The summed E-state index contributed by atoms with van der Waals surface area (Å²) in [5.74, 6) is 2.94. The van der Waals surface area contributed by atoms with Gasteiger partial charge in [0.25, 0.3) is 10.2 Å². The molecular formula is C23H35N7O4S. The summed E-state index contributed by atoms with van der Waals surface area (Å²) in [5.41, 5.74) is 8.32. The molecule has 0 radical (unpaired) electrons. The maximum atomic E-state index is 12.5. The van der Waals surface area contributed by atoms with Crippen LogP contribution in [0.5, 0.6) is 5.75 Å². The number of hydrogen-bond acceptors (Lipinski definition) is 9. The first kappa shape index (κ1) is 25.4. The third kappa shape index (κ3) is 5.77. The van der Waals surface area contributed by atoms with E-state index < -0.39 is 10.2 Å². The number of nitrogens with two attached hydrogens (primary N) is 1. The number of aromatic nitrogens is 2. The third-order valence-electron chi connectivity index (χ3n) is 6.38. The number of ether oxygens (including phenoxy) is 2. The molecule has 2 saturated heterocycles. The van der Waals surface area contributed by atoms with E-state index in [1.165, 1.54) is 14.2 Å². The molecule has 0 spiro atoms. The van der Waals surface area contributed by atoms with Crippen LogP contribution < -0.4 is 20.3 Å². The predicted molar refractivity (Wildman–Crippen MR) is 136 cm³/mol. The lowest BCUT2D eigenvalue weighted by molar-refractivity contribution is 0.122. The first-order valence-corrected chi connectivity index (χ1v) is 13.2. The minimum Gasteiger partial charge on any atom is -0.497 e. The number of morpholine rings is 1. The van der Waals surface area contributed by atoms with E-state index in [1.807, 2.05) is 24.3 Å². The largest absolute Gasteiger partial charge is 0.497 e. The minimum absolute atomic E-state index is 0.373. The zero-order chi connectivity index (χ0) is 25.0. The van der Waals surface area contributed by atoms with Gasteiger partial charge in [0.2, 0.25) is 0 Å². The fourth-order valence-electron chi connectivity index (χ4n) is 4.27. The van der Waals surface area contributed by atoms with Crippen molar-refractivity contribution in [2.24, 2.45) is 0 Å². The van der Waals surface area contributed by atoms with Crippen molar-refractivity contribution >= 4 is 27.5 Å². The van der Waals surface area contributed by atoms with Crippen LogP contribution in [0.15, 0.2) is 24.3 Å². The van der Waals surface area contributed by atoms with Crippen LogP contribution in [0.3, 0.4) is 0 Å². The molecule has 0 aliphatic carbocycles. The molecule has 0 amide bonds. The van der Waals surface area contributed by atoms with E-state index in [4.69, 9.17) is 25.2 Å². The van der Waals surface area contributed by atoms with Gasteiger partial charge in [-0.2, -0.15) is 17.0 Å². The van der Waals surface area contributed by atoms with Gasteiger partial charge in [0.1, 0.15) is 17.3 Å². The highest BCUT2D eigenvalue weighted by molar-refractivity contribution is 7.86. The van der Waals surface area contributed by atoms with Crippen LogP contribution in [0.25, 0.3) is 0 Å². The van der Waals surface area contributed by atoms with Gasteiger partial charge in [0.15, 0.2) is 11.6 Å². The van der Waals surface area contributed by atoms with E-state index in [0.717, 1.165) is 23.8 Å². The number of anilines is 3. The number of methoxy groups -OCH3 is 1. The maximum absolute atomic E-state index is 12.5. The van der Waals surface area contributed by atoms with E-state index in [9.17, 15) is 8.42 Å². The van der Waals surface area contributed by atoms with Gasteiger partial charge in [-0.1, -0.05) is 12.1 Å². The molecule has 2 N–H and O–H groups in total. The Balaban J connectivity index is 1.56. The average Bonchev–Trinajstić information content (AvgIpc) is 2.89. The summed E-state index contributed by atoms with van der Waals surface area (Å²) in [4.78, 5) is 13.9. The lowest BCUT2D eigenvalue weighted by atomic mass is 10.1. The quantitative estimate of drug-likeness (QED) is 0.551. The van der Waals surface area contributed by atoms with E-state index in [0.29, 0.717) is 70.4 Å². The highest BCUT2D eigenvalue weighted by Crippen LogP contribution is 2.32. The highest BCUT2D eigenvalue weighted by Gasteiger charge is 2.31. The van der Waals surface area contributed by atoms with Crippen molar-refractivity contribution in [3.63, 3.8) is 0 Å². The summed E-state index contributed by atoms with van der Waals surface area (Å²) in [7, 11) is 1.30. The molecular weight excluding hydrogens is 470 g/mol. The Bertz CT molecular complexity index is 1100. The summed E-state index contributed by atoms with van der Waals surface area (Å²) in [6, 6.07) is 7.99. The number of aryl methyl sites for hydroxylation is 2. The van der Waals surface area contributed by atoms with Crippen LogP contribution in [0.2, 0.25) is 0 Å². The number of nitrogens with zero attached hydrogens (tertiary/aromatic N) is 6. The highest BCUT2D eigenvalue weighted by atomic mass is 32.2. The Labute approximate surface area is 207 Å². The van der Waals surface area contributed by atoms with Gasteiger partial charge in [-0.15, -0.1) is 0 Å². The van der Waals surface area contributed by atoms with Crippen molar-refractivity contribution in [1.82, 2.24) is 18.6 Å². The monoisotopic (exact) mass is 505 g/mol. The molecule has 11 nitrogen and oxygen atoms in total. The first-order valence-electron chi connectivity index (χ1n) is 11.8. The Morgan fingerprint density at radius 1 is 0.943 bits per heavy atom. The topological polar surface area (TPSA) is 117 Å². The summed E-state index contributed by atoms with van der Waals surface area (Å²) in [5, 5.41) is 0. The van der Waals surface area contributed by atoms with Gasteiger partial charge in [-0.05, 0) is 24.1 Å². The molecule has 12 heteroatoms. The summed E-state index contributed by atoms with van der Waals surface area (Å²) in [6.07, 6.45) is 1.44. The lowest BCUT2D eigenvalue weighted by Crippen LogP contribution is -2.52. The lowest BCUT2D eigenvalue weighted by Gasteiger charge is -2.37. The van der Waals surface area contributed by atoms with Crippen molar-refractivity contribution < 1.29 is 17.9 Å². The molecule has 0 bridgehead atoms. The molecule has 1 aromatic heterocycles. The van der Waals surface area contributed by atoms with Gasteiger partial charge in [0.05, 0.1) is 20.3 Å². The van der Waals surface area contributed by atoms with E-state index in [-0.39, 0.29) is 0 Å². The van der Waals surface area contributed by atoms with Gasteiger partial charge in [0, 0.05) is 59.8 Å². The molecule has 192 valence electrons. The van der Waals surface area contributed by atoms with Crippen LogP contribution >= 0.6 is 0 Å². The maximum Gasteiger partial charge on any atom is 0.281 e. The Morgan fingerprint density at radius 2 is 1.51 bits per heavy atom. The van der Waals surface area contributed by atoms with Crippen LogP contribution in [-0.2, 0) is 27.8 Å². The summed E-state index contributed by atoms with van der Waals surface area (Å²) in [6.45, 7) is 4.45. The van der Waals surface area contributed by atoms with Gasteiger partial charge in [-0.3, -0.25) is 0 Å². The average molecular weight is 506 g/mol. The molecule has 0 saturated carbocycles. The van der Waals surface area contributed by atoms with Crippen molar-refractivity contribution in [2.45, 2.75) is 12.8 Å². The molecule has 4 rings (SSSR count). The molecule has 0 unspecified atom stereocenters. The second-order valence-electron chi connectivity index (χ2n) is 8.82. The molecule has 1 aromatic carbocycles. The Hall–Kier alpha value is -2.67. The fourth-order valence-corrected chi connectivity index (χ4v) is 5.36. The first-order chi connectivity index (χ1) is 16.8. The van der Waals surface area contributed by atoms with Crippen LogP contribution in [-0.4, -0.2) is 101 Å². The smallest absolute Gasteiger partial charge is 0.281 e. The summed E-state index contributed by atoms with van der Waals surface area (Å²) < 4.78 is 38.6. The molecule has 3 heterocycles. The minimum atomic E-state index is -3.45. The van der Waals surface area contributed by atoms with Gasteiger partial charge >= 0.3 is 0 Å². The van der Waals surface area contributed by atoms with E-state index in [2.05, 4.69) is 9.80 Å². The molecule has 2 fully saturated rings. The molecule has 35 heavy (non-hydrogen) atoms. The number of hydrogen-bond donors (Lipinski definition) is 1. The van der Waals surface area contributed by atoms with Crippen LogP contribution in [0.1, 0.15) is 11.4 Å². The number of nitrogen functional groups attached to an aromatic ring is 1. The van der Waals surface area contributed by atoms with Gasteiger partial charge < -0.3 is 25.0 Å². The number of rotatable bonds is 8. The van der Waals surface area contributed by atoms with E-state index in [1.54, 1.807) is 21.2 Å². The van der Waals surface area contributed by atoms with Crippen LogP contribution in [0.4, 0.5) is 17.3 Å². The van der Waals surface area contributed by atoms with Crippen molar-refractivity contribution in [1.29, 1.82) is 0 Å². The molecule has 2 aliphatic heterocycles. The van der Waals surface area contributed by atoms with Crippen molar-refractivity contribution in [2.75, 3.05) is 89.2 Å². The summed E-state index contributed by atoms with van der Waals surface area (Å²) >= 11 is 0. The second kappa shape index (κ2) is 10.9. The van der Waals surface area contributed by atoms with Crippen molar-refractivity contribution in [3.8, 4) is 5.75 Å². The number of benzene rings is 1.